The second-order valence-corrected chi connectivity index (χ2v) is 4.83. The van der Waals surface area contributed by atoms with Gasteiger partial charge in [-0.2, -0.15) is 5.10 Å². The molecule has 1 aliphatic rings. The number of hydrogen-bond acceptors (Lipinski definition) is 3. The van der Waals surface area contributed by atoms with Gasteiger partial charge in [0.25, 0.3) is 0 Å². The molecule has 0 spiro atoms. The number of aliphatic imine (C=N–C) groups is 1. The number of carbonyl (C=O) groups is 1. The number of hydrogen-bond donors (Lipinski definition) is 3. The number of carbonyl (C=O) groups excluding carboxylic acids is 1. The molecule has 3 N–H and O–H groups in total. The van der Waals surface area contributed by atoms with Crippen LogP contribution < -0.4 is 10.6 Å². The van der Waals surface area contributed by atoms with Crippen LogP contribution in [0.3, 0.4) is 0 Å². The Morgan fingerprint density at radius 3 is 3.05 bits per heavy atom. The van der Waals surface area contributed by atoms with E-state index in [1.165, 1.54) is 0 Å². The van der Waals surface area contributed by atoms with Crippen molar-refractivity contribution < 1.29 is 4.79 Å². The lowest BCUT2D eigenvalue weighted by Crippen LogP contribution is -2.44. The van der Waals surface area contributed by atoms with Gasteiger partial charge in [0.05, 0.1) is 12.2 Å². The zero-order valence-corrected chi connectivity index (χ0v) is 14.8. The Kier molecular flexibility index (Phi) is 7.48. The maximum atomic E-state index is 11.6. The summed E-state index contributed by atoms with van der Waals surface area (Å²) in [6, 6.07) is 2.18. The number of likely N-dealkylation sites (tertiary alicyclic amines) is 1. The molecule has 1 aromatic rings. The van der Waals surface area contributed by atoms with Crippen LogP contribution in [0.1, 0.15) is 25.5 Å². The van der Waals surface area contributed by atoms with E-state index in [4.69, 9.17) is 0 Å². The second-order valence-electron chi connectivity index (χ2n) is 4.83. The predicted molar refractivity (Wildman–Crippen MR) is 92.6 cm³/mol. The molecule has 0 radical (unpaired) electrons. The quantitative estimate of drug-likeness (QED) is 0.391. The van der Waals surface area contributed by atoms with Crippen molar-refractivity contribution in [2.24, 2.45) is 4.99 Å². The molecule has 118 valence electrons. The molecular formula is C13H23IN6O. The first-order valence-electron chi connectivity index (χ1n) is 6.96. The predicted octanol–water partition coefficient (Wildman–Crippen LogP) is 0.704. The Labute approximate surface area is 142 Å². The lowest BCUT2D eigenvalue weighted by Gasteiger charge is -2.18. The van der Waals surface area contributed by atoms with Gasteiger partial charge < -0.3 is 15.5 Å². The molecule has 7 nitrogen and oxygen atoms in total. The van der Waals surface area contributed by atoms with Crippen molar-refractivity contribution >= 4 is 35.8 Å². The summed E-state index contributed by atoms with van der Waals surface area (Å²) < 4.78 is 0. The number of aromatic nitrogens is 2. The van der Waals surface area contributed by atoms with Crippen LogP contribution in [0.4, 0.5) is 0 Å². The SMILES string of the molecule is CCC(=O)N1CCC(NC(=NC)NCc2ccn[nH]2)C1.I. The first kappa shape index (κ1) is 17.7. The number of nitrogens with zero attached hydrogens (tertiary/aromatic N) is 3. The van der Waals surface area contributed by atoms with Crippen LogP contribution in [0.25, 0.3) is 0 Å². The third-order valence-corrected chi connectivity index (χ3v) is 3.41. The zero-order valence-electron chi connectivity index (χ0n) is 12.4. The van der Waals surface area contributed by atoms with Gasteiger partial charge in [-0.1, -0.05) is 6.92 Å². The highest BCUT2D eigenvalue weighted by molar-refractivity contribution is 14.0. The van der Waals surface area contributed by atoms with E-state index in [9.17, 15) is 4.79 Å². The minimum absolute atomic E-state index is 0. The molecule has 1 saturated heterocycles. The van der Waals surface area contributed by atoms with Gasteiger partial charge in [-0.15, -0.1) is 24.0 Å². The van der Waals surface area contributed by atoms with Crippen molar-refractivity contribution in [1.82, 2.24) is 25.7 Å². The van der Waals surface area contributed by atoms with Gasteiger partial charge in [-0.3, -0.25) is 14.9 Å². The normalized spacial score (nSPS) is 18.3. The van der Waals surface area contributed by atoms with Gasteiger partial charge in [0.1, 0.15) is 0 Å². The van der Waals surface area contributed by atoms with Gasteiger partial charge in [0.15, 0.2) is 5.96 Å². The van der Waals surface area contributed by atoms with Crippen molar-refractivity contribution in [3.63, 3.8) is 0 Å². The van der Waals surface area contributed by atoms with Gasteiger partial charge in [-0.05, 0) is 12.5 Å². The summed E-state index contributed by atoms with van der Waals surface area (Å²) in [4.78, 5) is 17.7. The average molecular weight is 406 g/mol. The molecule has 0 aromatic carbocycles. The van der Waals surface area contributed by atoms with Crippen molar-refractivity contribution in [1.29, 1.82) is 0 Å². The van der Waals surface area contributed by atoms with Crippen molar-refractivity contribution in [3.8, 4) is 0 Å². The van der Waals surface area contributed by atoms with E-state index in [1.54, 1.807) is 13.2 Å². The number of H-pyrrole nitrogens is 1. The van der Waals surface area contributed by atoms with Crippen molar-refractivity contribution in [2.75, 3.05) is 20.1 Å². The number of amides is 1. The number of rotatable bonds is 4. The molecule has 1 fully saturated rings. The molecule has 1 aliphatic heterocycles. The Hall–Kier alpha value is -1.32. The molecule has 21 heavy (non-hydrogen) atoms. The maximum Gasteiger partial charge on any atom is 0.222 e. The molecule has 1 aromatic heterocycles. The van der Waals surface area contributed by atoms with Gasteiger partial charge in [0.2, 0.25) is 5.91 Å². The molecule has 0 aliphatic carbocycles. The van der Waals surface area contributed by atoms with E-state index >= 15 is 0 Å². The fourth-order valence-corrected chi connectivity index (χ4v) is 2.28. The van der Waals surface area contributed by atoms with Gasteiger partial charge in [0, 0.05) is 38.8 Å². The number of nitrogens with one attached hydrogen (secondary N) is 3. The van der Waals surface area contributed by atoms with Gasteiger partial charge in [-0.25, -0.2) is 0 Å². The molecule has 2 rings (SSSR count). The smallest absolute Gasteiger partial charge is 0.222 e. The third-order valence-electron chi connectivity index (χ3n) is 3.41. The van der Waals surface area contributed by atoms with Crippen LogP contribution in [0.15, 0.2) is 17.3 Å². The molecule has 0 bridgehead atoms. The number of aromatic amines is 1. The Morgan fingerprint density at radius 2 is 2.43 bits per heavy atom. The Morgan fingerprint density at radius 1 is 1.62 bits per heavy atom. The first-order valence-corrected chi connectivity index (χ1v) is 6.96. The number of guanidine groups is 1. The van der Waals surface area contributed by atoms with E-state index in [0.717, 1.165) is 31.2 Å². The van der Waals surface area contributed by atoms with Crippen LogP contribution in [0.2, 0.25) is 0 Å². The molecule has 2 heterocycles. The standard InChI is InChI=1S/C13H22N6O.HI/c1-3-12(20)19-7-5-11(9-19)17-13(14-2)15-8-10-4-6-16-18-10;/h4,6,11H,3,5,7-9H2,1-2H3,(H,16,18)(H2,14,15,17);1H. The minimum Gasteiger partial charge on any atom is -0.352 e. The monoisotopic (exact) mass is 406 g/mol. The van der Waals surface area contributed by atoms with Crippen LogP contribution >= 0.6 is 24.0 Å². The summed E-state index contributed by atoms with van der Waals surface area (Å²) in [5.41, 5.74) is 1.00. The fraction of sp³-hybridized carbons (Fsp3) is 0.615. The fourth-order valence-electron chi connectivity index (χ4n) is 2.28. The van der Waals surface area contributed by atoms with E-state index < -0.39 is 0 Å². The summed E-state index contributed by atoms with van der Waals surface area (Å²) in [5, 5.41) is 13.4. The lowest BCUT2D eigenvalue weighted by molar-refractivity contribution is -0.129. The highest BCUT2D eigenvalue weighted by atomic mass is 127. The molecule has 8 heteroatoms. The van der Waals surface area contributed by atoms with E-state index in [1.807, 2.05) is 17.9 Å². The molecule has 1 amide bonds. The summed E-state index contributed by atoms with van der Waals surface area (Å²) in [7, 11) is 1.74. The summed E-state index contributed by atoms with van der Waals surface area (Å²) >= 11 is 0. The molecular weight excluding hydrogens is 383 g/mol. The molecule has 1 atom stereocenters. The highest BCUT2D eigenvalue weighted by Crippen LogP contribution is 2.10. The molecule has 0 saturated carbocycles. The van der Waals surface area contributed by atoms with Gasteiger partial charge >= 0.3 is 0 Å². The van der Waals surface area contributed by atoms with E-state index in [-0.39, 0.29) is 35.9 Å². The Bertz CT molecular complexity index is 461. The summed E-state index contributed by atoms with van der Waals surface area (Å²) in [5.74, 6) is 0.963. The largest absolute Gasteiger partial charge is 0.352 e. The summed E-state index contributed by atoms with van der Waals surface area (Å²) in [6.07, 6.45) is 3.24. The topological polar surface area (TPSA) is 85.4 Å². The average Bonchev–Trinajstić information content (AvgIpc) is 3.13. The van der Waals surface area contributed by atoms with E-state index in [2.05, 4.69) is 25.8 Å². The van der Waals surface area contributed by atoms with Crippen molar-refractivity contribution in [2.45, 2.75) is 32.4 Å². The minimum atomic E-state index is 0. The van der Waals surface area contributed by atoms with E-state index in [0.29, 0.717) is 13.0 Å². The van der Waals surface area contributed by atoms with Crippen LogP contribution in [-0.4, -0.2) is 53.1 Å². The van der Waals surface area contributed by atoms with Crippen molar-refractivity contribution in [3.05, 3.63) is 18.0 Å². The highest BCUT2D eigenvalue weighted by Gasteiger charge is 2.25. The third kappa shape index (κ3) is 5.18. The first-order chi connectivity index (χ1) is 9.72. The van der Waals surface area contributed by atoms with Crippen LogP contribution in [0, 0.1) is 0 Å². The van der Waals surface area contributed by atoms with Crippen LogP contribution in [0.5, 0.6) is 0 Å². The molecule has 1 unspecified atom stereocenters. The lowest BCUT2D eigenvalue weighted by atomic mass is 10.3. The number of halogens is 1. The zero-order chi connectivity index (χ0) is 14.4. The summed E-state index contributed by atoms with van der Waals surface area (Å²) in [6.45, 7) is 4.11. The van der Waals surface area contributed by atoms with Crippen LogP contribution in [-0.2, 0) is 11.3 Å². The second kappa shape index (κ2) is 8.85. The Balaban J connectivity index is 0.00000220. The maximum absolute atomic E-state index is 11.6.